The summed E-state index contributed by atoms with van der Waals surface area (Å²) in [5.41, 5.74) is 11.2. The summed E-state index contributed by atoms with van der Waals surface area (Å²) >= 11 is 8.65. The third kappa shape index (κ3) is 6.54. The number of imidazole rings is 1. The Morgan fingerprint density at radius 2 is 1.91 bits per heavy atom. The Bertz CT molecular complexity index is 1870. The lowest BCUT2D eigenvalue weighted by Gasteiger charge is -2.24. The number of H-pyrrole nitrogens is 1. The Balaban J connectivity index is 1.15. The van der Waals surface area contributed by atoms with Gasteiger partial charge in [-0.2, -0.15) is 4.98 Å². The number of nitrogens with zero attached hydrogens (tertiary/aromatic N) is 6. The van der Waals surface area contributed by atoms with Crippen molar-refractivity contribution in [2.45, 2.75) is 50.0 Å². The fourth-order valence-corrected chi connectivity index (χ4v) is 7.20. The highest BCUT2D eigenvalue weighted by atomic mass is 32.7. The van der Waals surface area contributed by atoms with Crippen molar-refractivity contribution >= 4 is 71.5 Å². The first-order valence-corrected chi connectivity index (χ1v) is 18.3. The smallest absolute Gasteiger partial charge is 0.383 e. The Labute approximate surface area is 256 Å². The zero-order valence-corrected chi connectivity index (χ0v) is 25.9. The van der Waals surface area contributed by atoms with Crippen molar-refractivity contribution < 1.29 is 41.8 Å². The van der Waals surface area contributed by atoms with Crippen molar-refractivity contribution in [1.29, 1.82) is 0 Å². The molecule has 7 N–H and O–H groups in total. The van der Waals surface area contributed by atoms with E-state index in [0.717, 1.165) is 0 Å². The molecule has 2 aliphatic rings. The summed E-state index contributed by atoms with van der Waals surface area (Å²) in [7, 11) is 0. The SMILES string of the molecule is Nc1nc2c(ncn2[C@@H]2O[C@H](COP(O)(O)=S)CC2OP(=O)(S)OC[C@@H]2CC[C@H](n3cc(F)c4c(N)ncnc43)O2)c(=O)[nH]1. The van der Waals surface area contributed by atoms with Crippen LogP contribution in [0.1, 0.15) is 31.7 Å². The van der Waals surface area contributed by atoms with Gasteiger partial charge in [0.2, 0.25) is 5.95 Å². The van der Waals surface area contributed by atoms with Crippen molar-refractivity contribution in [3.63, 3.8) is 0 Å². The van der Waals surface area contributed by atoms with Crippen LogP contribution in [0.5, 0.6) is 0 Å². The van der Waals surface area contributed by atoms with Crippen molar-refractivity contribution in [2.24, 2.45) is 0 Å². The van der Waals surface area contributed by atoms with E-state index in [1.165, 1.54) is 28.0 Å². The van der Waals surface area contributed by atoms with Crippen molar-refractivity contribution in [3.05, 3.63) is 35.0 Å². The highest BCUT2D eigenvalue weighted by Crippen LogP contribution is 2.57. The number of hydrogen-bond acceptors (Lipinski definition) is 14. The van der Waals surface area contributed by atoms with Crippen LogP contribution in [0.4, 0.5) is 16.2 Å². The fourth-order valence-electron chi connectivity index (χ4n) is 5.15. The summed E-state index contributed by atoms with van der Waals surface area (Å²) in [5.74, 6) is -0.753. The van der Waals surface area contributed by atoms with Gasteiger partial charge in [0.15, 0.2) is 28.9 Å². The first kappa shape index (κ1) is 31.4. The summed E-state index contributed by atoms with van der Waals surface area (Å²) in [5, 5.41) is 0.0903. The largest absolute Gasteiger partial charge is 0.386 e. The lowest BCUT2D eigenvalue weighted by Crippen LogP contribution is -2.23. The summed E-state index contributed by atoms with van der Waals surface area (Å²) in [6.45, 7) is -8.60. The molecule has 0 bridgehead atoms. The molecule has 4 aromatic rings. The number of rotatable bonds is 10. The van der Waals surface area contributed by atoms with E-state index in [2.05, 4.69) is 49.0 Å². The van der Waals surface area contributed by atoms with Gasteiger partial charge in [0.05, 0.1) is 37.1 Å². The average molecular weight is 694 g/mol. The second kappa shape index (κ2) is 12.0. The van der Waals surface area contributed by atoms with E-state index in [1.54, 1.807) is 0 Å². The first-order chi connectivity index (χ1) is 20.8. The molecule has 44 heavy (non-hydrogen) atoms. The maximum atomic E-state index is 14.5. The Kier molecular flexibility index (Phi) is 8.57. The number of nitrogen functional groups attached to an aromatic ring is 2. The lowest BCUT2D eigenvalue weighted by molar-refractivity contribution is -0.0458. The molecular formula is C21H26FN9O9P2S2. The lowest BCUT2D eigenvalue weighted by atomic mass is 10.2. The number of halogens is 1. The fraction of sp³-hybridized carbons (Fsp3) is 0.476. The van der Waals surface area contributed by atoms with Crippen LogP contribution in [0.2, 0.25) is 0 Å². The Morgan fingerprint density at radius 1 is 1.14 bits per heavy atom. The number of nitrogens with one attached hydrogen (secondary N) is 1. The second-order valence-corrected chi connectivity index (χ2v) is 15.5. The van der Waals surface area contributed by atoms with Crippen LogP contribution in [-0.4, -0.2) is 75.4 Å². The van der Waals surface area contributed by atoms with Crippen LogP contribution in [0, 0.1) is 5.82 Å². The zero-order valence-electron chi connectivity index (χ0n) is 22.4. The Morgan fingerprint density at radius 3 is 2.68 bits per heavy atom. The van der Waals surface area contributed by atoms with Gasteiger partial charge in [-0.1, -0.05) is 12.2 Å². The number of aromatic nitrogens is 7. The number of aromatic amines is 1. The van der Waals surface area contributed by atoms with E-state index in [9.17, 15) is 23.5 Å². The molecule has 6 rings (SSSR count). The minimum absolute atomic E-state index is 0.00729. The molecule has 4 aromatic heterocycles. The number of nitrogens with two attached hydrogens (primary N) is 2. The molecule has 2 saturated heterocycles. The van der Waals surface area contributed by atoms with Crippen LogP contribution in [-0.2, 0) is 39.4 Å². The minimum atomic E-state index is -4.09. The van der Waals surface area contributed by atoms with Gasteiger partial charge < -0.3 is 39.8 Å². The van der Waals surface area contributed by atoms with Crippen LogP contribution >= 0.6 is 25.8 Å². The van der Waals surface area contributed by atoms with E-state index < -0.39 is 55.7 Å². The predicted octanol–water partition coefficient (Wildman–Crippen LogP) is 1.50. The van der Waals surface area contributed by atoms with Gasteiger partial charge >= 0.3 is 13.5 Å². The highest BCUT2D eigenvalue weighted by Gasteiger charge is 2.43. The molecule has 238 valence electrons. The summed E-state index contributed by atoms with van der Waals surface area (Å²) in [6, 6.07) is 0. The molecular weight excluding hydrogens is 667 g/mol. The van der Waals surface area contributed by atoms with Gasteiger partial charge in [0, 0.05) is 12.6 Å². The standard InChI is InChI=1S/C21H26FN9O9P2S2/c22-11-4-30(17-14(11)16(23)25-7-26-17)13-2-1-9(38-13)5-37-42(35,44)40-12-3-10(6-36-41(33,34)43)39-20(12)31-8-27-15-18(31)28-21(24)29-19(15)32/h4,7-10,12-13,20H,1-3,5-6H2,(H,35,44)(H2,23,25,26)(H2,33,34,43)(H3,24,28,29,32)/t9-,10-,12?,13+,20+,42?/m0/s1. The summed E-state index contributed by atoms with van der Waals surface area (Å²) < 4.78 is 59.0. The van der Waals surface area contributed by atoms with Gasteiger partial charge in [0.25, 0.3) is 5.56 Å². The van der Waals surface area contributed by atoms with Crippen LogP contribution in [0.25, 0.3) is 22.2 Å². The molecule has 18 nitrogen and oxygen atoms in total. The van der Waals surface area contributed by atoms with Crippen LogP contribution < -0.4 is 17.0 Å². The molecule has 0 amide bonds. The first-order valence-electron chi connectivity index (χ1n) is 12.9. The summed E-state index contributed by atoms with van der Waals surface area (Å²) in [4.78, 5) is 49.7. The van der Waals surface area contributed by atoms with E-state index >= 15 is 0 Å². The third-order valence-corrected chi connectivity index (χ3v) is 9.42. The molecule has 0 aromatic carbocycles. The second-order valence-electron chi connectivity index (χ2n) is 9.99. The number of ether oxygens (including phenoxy) is 2. The highest BCUT2D eigenvalue weighted by molar-refractivity contribution is 8.44. The summed E-state index contributed by atoms with van der Waals surface area (Å²) in [6.07, 6.45) is 0.641. The topological polar surface area (TPSA) is 250 Å². The molecule has 6 heterocycles. The molecule has 0 radical (unpaired) electrons. The van der Waals surface area contributed by atoms with E-state index in [4.69, 9.17) is 34.5 Å². The molecule has 2 unspecified atom stereocenters. The van der Waals surface area contributed by atoms with E-state index in [0.29, 0.717) is 12.8 Å². The quantitative estimate of drug-likeness (QED) is 0.102. The molecule has 0 saturated carbocycles. The van der Waals surface area contributed by atoms with Gasteiger partial charge in [-0.25, -0.2) is 23.9 Å². The number of thiol groups is 1. The Hall–Kier alpha value is -2.55. The van der Waals surface area contributed by atoms with Gasteiger partial charge in [-0.15, -0.1) is 0 Å². The maximum absolute atomic E-state index is 14.5. The molecule has 23 heteroatoms. The van der Waals surface area contributed by atoms with Crippen molar-refractivity contribution in [2.75, 3.05) is 24.7 Å². The van der Waals surface area contributed by atoms with Gasteiger partial charge in [-0.05, 0) is 24.6 Å². The van der Waals surface area contributed by atoms with Crippen molar-refractivity contribution in [1.82, 2.24) is 34.1 Å². The van der Waals surface area contributed by atoms with E-state index in [1.807, 2.05) is 0 Å². The molecule has 2 aliphatic heterocycles. The monoisotopic (exact) mass is 693 g/mol. The zero-order chi connectivity index (χ0) is 31.4. The van der Waals surface area contributed by atoms with Crippen LogP contribution in [0.15, 0.2) is 23.6 Å². The molecule has 0 aliphatic carbocycles. The number of hydrogen-bond donors (Lipinski definition) is 6. The van der Waals surface area contributed by atoms with E-state index in [-0.39, 0.29) is 53.6 Å². The normalized spacial score (nSPS) is 25.7. The molecule has 6 atom stereocenters. The minimum Gasteiger partial charge on any atom is -0.383 e. The average Bonchev–Trinajstić information content (AvgIpc) is 3.71. The number of anilines is 2. The van der Waals surface area contributed by atoms with Crippen LogP contribution in [0.3, 0.4) is 0 Å². The maximum Gasteiger partial charge on any atom is 0.386 e. The van der Waals surface area contributed by atoms with Gasteiger partial charge in [-0.3, -0.25) is 23.4 Å². The predicted molar refractivity (Wildman–Crippen MR) is 158 cm³/mol. The number of fused-ring (bicyclic) bond motifs is 2. The third-order valence-electron chi connectivity index (χ3n) is 6.98. The van der Waals surface area contributed by atoms with Gasteiger partial charge in [0.1, 0.15) is 24.5 Å². The van der Waals surface area contributed by atoms with Crippen molar-refractivity contribution in [3.8, 4) is 0 Å². The molecule has 2 fully saturated rings. The molecule has 0 spiro atoms.